The molecule has 0 aromatic heterocycles. The first-order valence-electron chi connectivity index (χ1n) is 12.7. The fourth-order valence-corrected chi connectivity index (χ4v) is 5.64. The second kappa shape index (κ2) is 13.3. The van der Waals surface area contributed by atoms with Crippen molar-refractivity contribution in [1.82, 2.24) is 0 Å². The van der Waals surface area contributed by atoms with Gasteiger partial charge in [0, 0.05) is 5.56 Å². The predicted octanol–water partition coefficient (Wildman–Crippen LogP) is 4.95. The standard InChI is InChI=1S/C29H34O11S3/c1-19(2)9-8-10-21-11-12-22(17-25(21)39-42(6,32)33)27-26(36-3)18-24(28(37-4)29(27)40-43(7,34)35)20-13-15-23(16-14-20)38-41(5,30)31/h9,11-18H,8,10H2,1-7H3. The van der Waals surface area contributed by atoms with E-state index in [9.17, 15) is 25.3 Å². The summed E-state index contributed by atoms with van der Waals surface area (Å²) in [5.41, 5.74) is 3.09. The molecule has 0 atom stereocenters. The first kappa shape index (κ1) is 33.7. The Kier molecular flexibility index (Phi) is 10.4. The number of hydrogen-bond acceptors (Lipinski definition) is 11. The van der Waals surface area contributed by atoms with Crippen molar-refractivity contribution in [3.05, 3.63) is 65.7 Å². The van der Waals surface area contributed by atoms with Crippen LogP contribution < -0.4 is 22.0 Å². The minimum atomic E-state index is -4.11. The highest BCUT2D eigenvalue weighted by molar-refractivity contribution is 7.86. The fraction of sp³-hybridized carbons (Fsp3) is 0.310. The number of rotatable bonds is 13. The molecule has 0 bridgehead atoms. The van der Waals surface area contributed by atoms with E-state index < -0.39 is 30.4 Å². The molecule has 0 spiro atoms. The summed E-state index contributed by atoms with van der Waals surface area (Å²) in [7, 11) is -9.07. The Morgan fingerprint density at radius 2 is 1.26 bits per heavy atom. The maximum atomic E-state index is 12.5. The van der Waals surface area contributed by atoms with Crippen LogP contribution in [0.2, 0.25) is 0 Å². The summed E-state index contributed by atoms with van der Waals surface area (Å²) in [6, 6.07) is 12.4. The van der Waals surface area contributed by atoms with Crippen molar-refractivity contribution in [1.29, 1.82) is 0 Å². The van der Waals surface area contributed by atoms with E-state index in [0.717, 1.165) is 24.3 Å². The molecule has 0 N–H and O–H groups in total. The van der Waals surface area contributed by atoms with Gasteiger partial charge in [-0.1, -0.05) is 35.9 Å². The van der Waals surface area contributed by atoms with Crippen molar-refractivity contribution in [3.8, 4) is 51.0 Å². The van der Waals surface area contributed by atoms with E-state index in [1.165, 1.54) is 32.4 Å². The van der Waals surface area contributed by atoms with Gasteiger partial charge in [0.1, 0.15) is 17.2 Å². The highest BCUT2D eigenvalue weighted by Crippen LogP contribution is 2.51. The Balaban J connectivity index is 2.30. The summed E-state index contributed by atoms with van der Waals surface area (Å²) in [6.45, 7) is 3.92. The normalized spacial score (nSPS) is 11.9. The van der Waals surface area contributed by atoms with Crippen LogP contribution in [-0.2, 0) is 36.8 Å². The number of benzene rings is 3. The fourth-order valence-electron chi connectivity index (χ4n) is 4.24. The third-order valence-corrected chi connectivity index (χ3v) is 7.28. The van der Waals surface area contributed by atoms with Crippen LogP contribution in [0.5, 0.6) is 28.7 Å². The van der Waals surface area contributed by atoms with Gasteiger partial charge in [0.25, 0.3) is 0 Å². The molecule has 3 rings (SSSR count). The monoisotopic (exact) mass is 654 g/mol. The van der Waals surface area contributed by atoms with Gasteiger partial charge >= 0.3 is 30.4 Å². The summed E-state index contributed by atoms with van der Waals surface area (Å²) in [5, 5.41) is 0. The molecule has 0 aliphatic heterocycles. The molecule has 3 aromatic carbocycles. The van der Waals surface area contributed by atoms with Crippen LogP contribution in [0.25, 0.3) is 22.3 Å². The minimum absolute atomic E-state index is 0.0243. The van der Waals surface area contributed by atoms with Crippen molar-refractivity contribution in [2.24, 2.45) is 0 Å². The molecular formula is C29H34O11S3. The maximum Gasteiger partial charge on any atom is 0.306 e. The van der Waals surface area contributed by atoms with E-state index >= 15 is 0 Å². The second-order valence-corrected chi connectivity index (χ2v) is 14.6. The van der Waals surface area contributed by atoms with Crippen molar-refractivity contribution in [2.45, 2.75) is 26.7 Å². The van der Waals surface area contributed by atoms with Crippen LogP contribution in [0.15, 0.2) is 60.2 Å². The zero-order valence-electron chi connectivity index (χ0n) is 24.8. The molecule has 11 nitrogen and oxygen atoms in total. The van der Waals surface area contributed by atoms with E-state index in [0.29, 0.717) is 35.1 Å². The number of allylic oxidation sites excluding steroid dienone is 2. The molecule has 0 unspecified atom stereocenters. The Bertz CT molecular complexity index is 1840. The molecule has 3 aromatic rings. The lowest BCUT2D eigenvalue weighted by Gasteiger charge is -2.21. The summed E-state index contributed by atoms with van der Waals surface area (Å²) in [6.07, 6.45) is 5.87. The molecular weight excluding hydrogens is 621 g/mol. The van der Waals surface area contributed by atoms with E-state index in [2.05, 4.69) is 0 Å². The lowest BCUT2D eigenvalue weighted by molar-refractivity contribution is 0.386. The third kappa shape index (κ3) is 9.63. The van der Waals surface area contributed by atoms with Crippen LogP contribution in [0.4, 0.5) is 0 Å². The topological polar surface area (TPSA) is 149 Å². The van der Waals surface area contributed by atoms with E-state index in [1.807, 2.05) is 19.9 Å². The zero-order valence-corrected chi connectivity index (χ0v) is 27.3. The summed E-state index contributed by atoms with van der Waals surface area (Å²) < 4.78 is 99.2. The van der Waals surface area contributed by atoms with Crippen molar-refractivity contribution in [3.63, 3.8) is 0 Å². The average Bonchev–Trinajstić information content (AvgIpc) is 2.86. The largest absolute Gasteiger partial charge is 0.496 e. The van der Waals surface area contributed by atoms with Crippen molar-refractivity contribution >= 4 is 30.4 Å². The smallest absolute Gasteiger partial charge is 0.306 e. The lowest BCUT2D eigenvalue weighted by atomic mass is 9.95. The zero-order chi connectivity index (χ0) is 32.2. The molecule has 0 radical (unpaired) electrons. The van der Waals surface area contributed by atoms with Gasteiger partial charge in [-0.15, -0.1) is 0 Å². The van der Waals surface area contributed by atoms with Crippen LogP contribution in [0.1, 0.15) is 25.8 Å². The molecule has 43 heavy (non-hydrogen) atoms. The summed E-state index contributed by atoms with van der Waals surface area (Å²) in [4.78, 5) is 0. The SMILES string of the molecule is COc1cc(-c2ccc(OS(C)(=O)=O)cc2)c(OC)c(OS(C)(=O)=O)c1-c1ccc(CCC=C(C)C)c(OS(C)(=O)=O)c1. The van der Waals surface area contributed by atoms with Crippen LogP contribution >= 0.6 is 0 Å². The summed E-state index contributed by atoms with van der Waals surface area (Å²) in [5.74, 6) is 0.131. The molecule has 0 aliphatic carbocycles. The average molecular weight is 655 g/mol. The van der Waals surface area contributed by atoms with Gasteiger partial charge in [0.05, 0.1) is 38.6 Å². The maximum absolute atomic E-state index is 12.5. The molecule has 0 aliphatic rings. The highest BCUT2D eigenvalue weighted by Gasteiger charge is 2.27. The Morgan fingerprint density at radius 1 is 0.674 bits per heavy atom. The van der Waals surface area contributed by atoms with E-state index in [-0.39, 0.29) is 34.3 Å². The van der Waals surface area contributed by atoms with Gasteiger partial charge in [0.15, 0.2) is 11.5 Å². The minimum Gasteiger partial charge on any atom is -0.496 e. The number of methoxy groups -OCH3 is 2. The van der Waals surface area contributed by atoms with Crippen LogP contribution in [0.3, 0.4) is 0 Å². The number of hydrogen-bond donors (Lipinski definition) is 0. The van der Waals surface area contributed by atoms with Crippen LogP contribution in [-0.4, -0.2) is 58.2 Å². The van der Waals surface area contributed by atoms with Gasteiger partial charge in [-0.3, -0.25) is 0 Å². The first-order chi connectivity index (χ1) is 19.9. The van der Waals surface area contributed by atoms with Crippen molar-refractivity contribution in [2.75, 3.05) is 33.0 Å². The Hall–Kier alpha value is -3.75. The molecule has 0 saturated carbocycles. The molecule has 0 saturated heterocycles. The van der Waals surface area contributed by atoms with Gasteiger partial charge < -0.3 is 22.0 Å². The highest BCUT2D eigenvalue weighted by atomic mass is 32.2. The number of ether oxygens (including phenoxy) is 2. The van der Waals surface area contributed by atoms with E-state index in [1.54, 1.807) is 30.3 Å². The summed E-state index contributed by atoms with van der Waals surface area (Å²) >= 11 is 0. The number of aryl methyl sites for hydroxylation is 1. The van der Waals surface area contributed by atoms with Gasteiger partial charge in [-0.25, -0.2) is 0 Å². The predicted molar refractivity (Wildman–Crippen MR) is 165 cm³/mol. The second-order valence-electron chi connectivity index (χ2n) is 9.89. The molecule has 234 valence electrons. The Morgan fingerprint density at radius 3 is 1.77 bits per heavy atom. The van der Waals surface area contributed by atoms with Gasteiger partial charge in [0.2, 0.25) is 0 Å². The quantitative estimate of drug-likeness (QED) is 0.182. The molecule has 0 amide bonds. The third-order valence-electron chi connectivity index (χ3n) is 5.83. The molecule has 0 heterocycles. The van der Waals surface area contributed by atoms with Gasteiger partial charge in [-0.05, 0) is 67.6 Å². The Labute approximate surface area is 253 Å². The molecule has 14 heteroatoms. The van der Waals surface area contributed by atoms with Gasteiger partial charge in [-0.2, -0.15) is 25.3 Å². The lowest BCUT2D eigenvalue weighted by Crippen LogP contribution is -2.10. The van der Waals surface area contributed by atoms with Crippen molar-refractivity contribution < 1.29 is 47.3 Å². The molecule has 0 fully saturated rings. The van der Waals surface area contributed by atoms with E-state index in [4.69, 9.17) is 22.0 Å². The van der Waals surface area contributed by atoms with Crippen LogP contribution in [0, 0.1) is 0 Å². The first-order valence-corrected chi connectivity index (χ1v) is 18.2.